The van der Waals surface area contributed by atoms with E-state index >= 15 is 0 Å². The maximum absolute atomic E-state index is 12.4. The summed E-state index contributed by atoms with van der Waals surface area (Å²) in [5, 5.41) is 10.8. The molecule has 1 aliphatic heterocycles. The average molecular weight is 346 g/mol. The second-order valence-electron chi connectivity index (χ2n) is 8.38. The molecule has 2 aliphatic carbocycles. The molecule has 138 valence electrons. The Balaban J connectivity index is 1.26. The Morgan fingerprint density at radius 3 is 2.92 bits per heavy atom. The van der Waals surface area contributed by atoms with Gasteiger partial charge in [-0.15, -0.1) is 0 Å². The van der Waals surface area contributed by atoms with E-state index in [-0.39, 0.29) is 11.4 Å². The Labute approximate surface area is 149 Å². The number of nitrogens with zero attached hydrogens (tertiary/aromatic N) is 2. The molecular weight excluding hydrogens is 316 g/mol. The first kappa shape index (κ1) is 16.9. The van der Waals surface area contributed by atoms with Crippen LogP contribution in [-0.4, -0.2) is 41.1 Å². The molecule has 2 saturated carbocycles. The minimum atomic E-state index is -0.0261. The summed E-state index contributed by atoms with van der Waals surface area (Å²) < 4.78 is 7.94. The molecule has 4 rings (SSSR count). The molecule has 3 fully saturated rings. The zero-order valence-corrected chi connectivity index (χ0v) is 15.5. The van der Waals surface area contributed by atoms with Crippen LogP contribution >= 0.6 is 0 Å². The van der Waals surface area contributed by atoms with E-state index in [4.69, 9.17) is 4.74 Å². The Morgan fingerprint density at radius 1 is 1.48 bits per heavy atom. The largest absolute Gasteiger partial charge is 0.377 e. The lowest BCUT2D eigenvalue weighted by Gasteiger charge is -2.63. The number of carbonyl (C=O) groups is 1. The number of aromatic nitrogens is 2. The van der Waals surface area contributed by atoms with Gasteiger partial charge < -0.3 is 15.4 Å². The summed E-state index contributed by atoms with van der Waals surface area (Å²) in [6, 6.07) is 2.36. The van der Waals surface area contributed by atoms with Crippen LogP contribution in [0.5, 0.6) is 0 Å². The van der Waals surface area contributed by atoms with Crippen LogP contribution in [0.1, 0.15) is 44.0 Å². The number of aryl methyl sites for hydroxylation is 2. The lowest BCUT2D eigenvalue weighted by Crippen LogP contribution is -2.72. The van der Waals surface area contributed by atoms with Crippen molar-refractivity contribution in [2.45, 2.75) is 65.1 Å². The molecule has 0 aromatic carbocycles. The van der Waals surface area contributed by atoms with E-state index in [1.165, 1.54) is 25.0 Å². The first-order valence-electron chi connectivity index (χ1n) is 9.66. The van der Waals surface area contributed by atoms with Crippen molar-refractivity contribution in [1.82, 2.24) is 20.4 Å². The van der Waals surface area contributed by atoms with E-state index in [0.29, 0.717) is 30.5 Å². The first-order valence-corrected chi connectivity index (χ1v) is 9.66. The van der Waals surface area contributed by atoms with Gasteiger partial charge in [-0.25, -0.2) is 4.79 Å². The van der Waals surface area contributed by atoms with Crippen LogP contribution in [0.15, 0.2) is 6.07 Å². The van der Waals surface area contributed by atoms with Crippen molar-refractivity contribution < 1.29 is 9.53 Å². The van der Waals surface area contributed by atoms with Crippen LogP contribution in [0.3, 0.4) is 0 Å². The normalized spacial score (nSPS) is 30.3. The van der Waals surface area contributed by atoms with Crippen LogP contribution in [0, 0.1) is 31.1 Å². The fraction of sp³-hybridized carbons (Fsp3) is 0.789. The minimum Gasteiger partial charge on any atom is -0.377 e. The van der Waals surface area contributed by atoms with Crippen molar-refractivity contribution in [2.75, 3.05) is 13.2 Å². The Kier molecular flexibility index (Phi) is 4.26. The van der Waals surface area contributed by atoms with E-state index in [1.54, 1.807) is 0 Å². The third kappa shape index (κ3) is 2.84. The lowest BCUT2D eigenvalue weighted by molar-refractivity contribution is -0.172. The van der Waals surface area contributed by atoms with Crippen LogP contribution in [-0.2, 0) is 11.3 Å². The Morgan fingerprint density at radius 2 is 2.28 bits per heavy atom. The molecule has 1 aromatic rings. The maximum atomic E-state index is 12.4. The van der Waals surface area contributed by atoms with Gasteiger partial charge in [-0.3, -0.25) is 4.68 Å². The summed E-state index contributed by atoms with van der Waals surface area (Å²) >= 11 is 0. The summed E-state index contributed by atoms with van der Waals surface area (Å²) in [7, 11) is 0. The number of fused-ring (bicyclic) bond motifs is 2. The van der Waals surface area contributed by atoms with E-state index < -0.39 is 0 Å². The van der Waals surface area contributed by atoms with Gasteiger partial charge in [0.25, 0.3) is 0 Å². The van der Waals surface area contributed by atoms with Crippen molar-refractivity contribution in [3.8, 4) is 0 Å². The van der Waals surface area contributed by atoms with Gasteiger partial charge in [-0.05, 0) is 45.1 Å². The van der Waals surface area contributed by atoms with Gasteiger partial charge in [-0.2, -0.15) is 5.10 Å². The third-order valence-corrected chi connectivity index (χ3v) is 6.52. The molecule has 0 radical (unpaired) electrons. The second kappa shape index (κ2) is 6.31. The SMILES string of the molecule is Cc1cc(C)n(C[C@H](C)CNC(=O)N[C@@H]2[C@@H]3CCO[C@H]3C23CCC3)n1. The van der Waals surface area contributed by atoms with Gasteiger partial charge in [0, 0.05) is 42.8 Å². The van der Waals surface area contributed by atoms with Crippen LogP contribution in [0.4, 0.5) is 4.79 Å². The molecule has 1 aromatic heterocycles. The van der Waals surface area contributed by atoms with Gasteiger partial charge in [-0.1, -0.05) is 13.3 Å². The van der Waals surface area contributed by atoms with E-state index in [1.807, 2.05) is 11.6 Å². The van der Waals surface area contributed by atoms with Crippen LogP contribution in [0.2, 0.25) is 0 Å². The maximum Gasteiger partial charge on any atom is 0.315 e. The zero-order chi connectivity index (χ0) is 17.6. The molecule has 3 aliphatic rings. The molecule has 4 atom stereocenters. The number of nitrogens with one attached hydrogen (secondary N) is 2. The molecule has 6 heteroatoms. The fourth-order valence-electron chi connectivity index (χ4n) is 5.13. The zero-order valence-electron chi connectivity index (χ0n) is 15.5. The summed E-state index contributed by atoms with van der Waals surface area (Å²) in [5.74, 6) is 0.864. The summed E-state index contributed by atoms with van der Waals surface area (Å²) in [6.45, 7) is 8.57. The van der Waals surface area contributed by atoms with Gasteiger partial charge in [0.05, 0.1) is 11.8 Å². The molecule has 25 heavy (non-hydrogen) atoms. The van der Waals surface area contributed by atoms with Crippen LogP contribution < -0.4 is 10.6 Å². The van der Waals surface area contributed by atoms with Gasteiger partial charge in [0.1, 0.15) is 0 Å². The minimum absolute atomic E-state index is 0.0261. The molecule has 2 amide bonds. The van der Waals surface area contributed by atoms with Crippen molar-refractivity contribution in [1.29, 1.82) is 0 Å². The molecule has 0 unspecified atom stereocenters. The van der Waals surface area contributed by atoms with E-state index in [0.717, 1.165) is 25.3 Å². The standard InChI is InChI=1S/C19H30N4O2/c1-12(11-23-14(3)9-13(2)22-23)10-20-18(24)21-16-15-5-8-25-17(15)19(16)6-4-7-19/h9,12,15-17H,4-8,10-11H2,1-3H3,(H2,20,21,24)/t12-,15+,16-,17-/m1/s1. The molecular formula is C19H30N4O2. The number of carbonyl (C=O) groups excluding carboxylic acids is 1. The quantitative estimate of drug-likeness (QED) is 0.860. The highest BCUT2D eigenvalue weighted by Gasteiger charge is 2.66. The van der Waals surface area contributed by atoms with Crippen molar-refractivity contribution in [3.63, 3.8) is 0 Å². The molecule has 1 spiro atoms. The number of hydrogen-bond acceptors (Lipinski definition) is 3. The lowest BCUT2D eigenvalue weighted by atomic mass is 9.46. The third-order valence-electron chi connectivity index (χ3n) is 6.52. The summed E-state index contributed by atoms with van der Waals surface area (Å²) in [4.78, 5) is 12.4. The van der Waals surface area contributed by atoms with Gasteiger partial charge >= 0.3 is 6.03 Å². The number of ether oxygens (including phenoxy) is 1. The fourth-order valence-corrected chi connectivity index (χ4v) is 5.13. The number of rotatable bonds is 5. The summed E-state index contributed by atoms with van der Waals surface area (Å²) in [6.07, 6.45) is 5.16. The predicted octanol–water partition coefficient (Wildman–Crippen LogP) is 2.39. The highest BCUT2D eigenvalue weighted by Crippen LogP contribution is 2.62. The van der Waals surface area contributed by atoms with Crippen molar-refractivity contribution in [3.05, 3.63) is 17.5 Å². The second-order valence-corrected chi connectivity index (χ2v) is 8.38. The first-order chi connectivity index (χ1) is 12.0. The molecule has 2 heterocycles. The highest BCUT2D eigenvalue weighted by molar-refractivity contribution is 5.74. The van der Waals surface area contributed by atoms with Crippen molar-refractivity contribution in [2.24, 2.45) is 17.3 Å². The molecule has 6 nitrogen and oxygen atoms in total. The molecule has 2 N–H and O–H groups in total. The average Bonchev–Trinajstić information content (AvgIpc) is 3.06. The molecule has 0 bridgehead atoms. The number of amides is 2. The number of urea groups is 1. The topological polar surface area (TPSA) is 68.2 Å². The molecule has 1 saturated heterocycles. The summed E-state index contributed by atoms with van der Waals surface area (Å²) in [5.41, 5.74) is 2.45. The van der Waals surface area contributed by atoms with Gasteiger partial charge in [0.15, 0.2) is 0 Å². The van der Waals surface area contributed by atoms with Gasteiger partial charge in [0.2, 0.25) is 0 Å². The van der Waals surface area contributed by atoms with Crippen molar-refractivity contribution >= 4 is 6.03 Å². The van der Waals surface area contributed by atoms with E-state index in [9.17, 15) is 4.79 Å². The smallest absolute Gasteiger partial charge is 0.315 e. The van der Waals surface area contributed by atoms with Crippen LogP contribution in [0.25, 0.3) is 0 Å². The predicted molar refractivity (Wildman–Crippen MR) is 95.3 cm³/mol. The monoisotopic (exact) mass is 346 g/mol. The Bertz CT molecular complexity index is 652. The number of hydrogen-bond donors (Lipinski definition) is 2. The Hall–Kier alpha value is -1.56. The highest BCUT2D eigenvalue weighted by atomic mass is 16.5. The van der Waals surface area contributed by atoms with E-state index in [2.05, 4.69) is 35.6 Å².